The van der Waals surface area contributed by atoms with Crippen LogP contribution in [0.3, 0.4) is 0 Å². The van der Waals surface area contributed by atoms with Gasteiger partial charge in [0.1, 0.15) is 34.6 Å². The zero-order valence-electron chi connectivity index (χ0n) is 15.3. The van der Waals surface area contributed by atoms with Crippen molar-refractivity contribution in [1.29, 1.82) is 0 Å². The molecular formula is C20H15Cl6NO3. The number of hydrogen-bond acceptors (Lipinski definition) is 4. The van der Waals surface area contributed by atoms with E-state index in [4.69, 9.17) is 83.9 Å². The Bertz CT molecular complexity index is 915. The molecule has 0 saturated carbocycles. The molecule has 0 bridgehead atoms. The molecule has 2 rings (SSSR count). The van der Waals surface area contributed by atoms with Crippen LogP contribution in [-0.4, -0.2) is 19.4 Å². The predicted octanol–water partition coefficient (Wildman–Crippen LogP) is 7.94. The lowest BCUT2D eigenvalue weighted by molar-refractivity contribution is 0.176. The molecule has 10 heteroatoms. The van der Waals surface area contributed by atoms with E-state index in [0.29, 0.717) is 21.5 Å². The summed E-state index contributed by atoms with van der Waals surface area (Å²) < 4.78 is 11.5. The van der Waals surface area contributed by atoms with Crippen LogP contribution in [0.2, 0.25) is 10.0 Å². The number of halogens is 6. The Hall–Kier alpha value is -1.27. The third kappa shape index (κ3) is 9.25. The molecule has 0 atom stereocenters. The van der Waals surface area contributed by atoms with Crippen LogP contribution in [0, 0.1) is 0 Å². The summed E-state index contributed by atoms with van der Waals surface area (Å²) in [5.41, 5.74) is 1.71. The van der Waals surface area contributed by atoms with E-state index < -0.39 is 0 Å². The molecule has 0 fully saturated rings. The quantitative estimate of drug-likeness (QED) is 0.178. The predicted molar refractivity (Wildman–Crippen MR) is 126 cm³/mol. The molecule has 0 aliphatic rings. The highest BCUT2D eigenvalue weighted by Gasteiger charge is 2.11. The van der Waals surface area contributed by atoms with Crippen LogP contribution in [0.15, 0.2) is 62.7 Å². The minimum Gasteiger partial charge on any atom is -0.489 e. The Morgan fingerprint density at radius 3 is 2.20 bits per heavy atom. The number of ether oxygens (including phenoxy) is 2. The zero-order chi connectivity index (χ0) is 21.9. The van der Waals surface area contributed by atoms with E-state index in [1.807, 2.05) is 24.3 Å². The summed E-state index contributed by atoms with van der Waals surface area (Å²) in [6, 6.07) is 10.7. The fourth-order valence-corrected chi connectivity index (χ4v) is 2.95. The molecule has 160 valence electrons. The number of benzene rings is 2. The van der Waals surface area contributed by atoms with Crippen molar-refractivity contribution in [2.75, 3.05) is 13.2 Å². The Balaban J connectivity index is 1.97. The van der Waals surface area contributed by atoms with E-state index in [-0.39, 0.29) is 28.8 Å². The monoisotopic (exact) mass is 527 g/mol. The van der Waals surface area contributed by atoms with Crippen LogP contribution in [0.5, 0.6) is 11.5 Å². The minimum absolute atomic E-state index is 0.113. The molecule has 30 heavy (non-hydrogen) atoms. The highest BCUT2D eigenvalue weighted by molar-refractivity contribution is 6.56. The van der Waals surface area contributed by atoms with Gasteiger partial charge >= 0.3 is 0 Å². The van der Waals surface area contributed by atoms with Crippen molar-refractivity contribution in [3.63, 3.8) is 0 Å². The maximum absolute atomic E-state index is 6.28. The van der Waals surface area contributed by atoms with Gasteiger partial charge in [0.25, 0.3) is 0 Å². The zero-order valence-corrected chi connectivity index (χ0v) is 19.8. The molecule has 0 spiro atoms. The summed E-state index contributed by atoms with van der Waals surface area (Å²) in [6.07, 6.45) is 4.55. The van der Waals surface area contributed by atoms with Crippen molar-refractivity contribution >= 4 is 75.8 Å². The van der Waals surface area contributed by atoms with Crippen molar-refractivity contribution in [3.8, 4) is 11.5 Å². The molecule has 0 saturated heterocycles. The largest absolute Gasteiger partial charge is 0.489 e. The van der Waals surface area contributed by atoms with E-state index in [2.05, 4.69) is 5.16 Å². The van der Waals surface area contributed by atoms with E-state index in [1.165, 1.54) is 12.2 Å². The lowest BCUT2D eigenvalue weighted by atomic mass is 10.1. The van der Waals surface area contributed by atoms with E-state index in [9.17, 15) is 0 Å². The smallest absolute Gasteiger partial charge is 0.157 e. The fourth-order valence-electron chi connectivity index (χ4n) is 2.12. The summed E-state index contributed by atoms with van der Waals surface area (Å²) in [5, 5.41) is 4.47. The summed E-state index contributed by atoms with van der Waals surface area (Å²) in [4.78, 5) is 5.03. The second-order valence-electron chi connectivity index (χ2n) is 5.58. The van der Waals surface area contributed by atoms with Gasteiger partial charge in [-0.05, 0) is 29.3 Å². The third-order valence-corrected chi connectivity index (χ3v) is 4.56. The molecule has 0 heterocycles. The molecule has 2 aromatic rings. The number of rotatable bonds is 10. The normalized spacial score (nSPS) is 10.6. The molecule has 0 amide bonds. The lowest BCUT2D eigenvalue weighted by Gasteiger charge is -2.12. The maximum atomic E-state index is 6.28. The molecule has 0 aromatic heterocycles. The average molecular weight is 530 g/mol. The topological polar surface area (TPSA) is 40.0 Å². The highest BCUT2D eigenvalue weighted by Crippen LogP contribution is 2.37. The first-order chi connectivity index (χ1) is 14.3. The van der Waals surface area contributed by atoms with Crippen molar-refractivity contribution in [3.05, 3.63) is 78.7 Å². The molecule has 2 aromatic carbocycles. The van der Waals surface area contributed by atoms with Gasteiger partial charge in [-0.3, -0.25) is 0 Å². The van der Waals surface area contributed by atoms with Gasteiger partial charge in [0.05, 0.1) is 16.3 Å². The van der Waals surface area contributed by atoms with Gasteiger partial charge in [-0.25, -0.2) is 0 Å². The minimum atomic E-state index is 0.113. The Morgan fingerprint density at radius 1 is 0.867 bits per heavy atom. The molecule has 0 N–H and O–H groups in total. The summed E-state index contributed by atoms with van der Waals surface area (Å²) in [7, 11) is 0. The number of hydrogen-bond donors (Lipinski definition) is 0. The molecule has 0 aliphatic heterocycles. The van der Waals surface area contributed by atoms with E-state index in [1.54, 1.807) is 18.3 Å². The first-order valence-corrected chi connectivity index (χ1v) is 10.6. The second kappa shape index (κ2) is 13.2. The molecule has 4 nitrogen and oxygen atoms in total. The number of nitrogens with zero attached hydrogens (tertiary/aromatic N) is 1. The van der Waals surface area contributed by atoms with Gasteiger partial charge in [-0.2, -0.15) is 0 Å². The second-order valence-corrected chi connectivity index (χ2v) is 8.41. The summed E-state index contributed by atoms with van der Waals surface area (Å²) in [6.45, 7) is 0.605. The third-order valence-electron chi connectivity index (χ3n) is 3.38. The first-order valence-electron chi connectivity index (χ1n) is 8.36. The standard InChI is InChI=1S/C20H15Cl6NO3/c21-16-9-15(28-6-4-18(23)24)10-17(22)20(16)29-12-14-3-1-2-13(8-14)11-27-30-7-5-19(25)26/h1-5,8-11H,6-7,12H2/b27-11+. The van der Waals surface area contributed by atoms with Crippen molar-refractivity contribution < 1.29 is 14.3 Å². The Morgan fingerprint density at radius 2 is 1.53 bits per heavy atom. The van der Waals surface area contributed by atoms with Crippen LogP contribution >= 0.6 is 69.6 Å². The van der Waals surface area contributed by atoms with E-state index in [0.717, 1.165) is 11.1 Å². The van der Waals surface area contributed by atoms with Crippen molar-refractivity contribution in [1.82, 2.24) is 0 Å². The van der Waals surface area contributed by atoms with Crippen molar-refractivity contribution in [2.24, 2.45) is 5.16 Å². The lowest BCUT2D eigenvalue weighted by Crippen LogP contribution is -1.99. The van der Waals surface area contributed by atoms with Crippen LogP contribution in [0.4, 0.5) is 0 Å². The van der Waals surface area contributed by atoms with Gasteiger partial charge < -0.3 is 14.3 Å². The van der Waals surface area contributed by atoms with Gasteiger partial charge in [0, 0.05) is 12.1 Å². The highest BCUT2D eigenvalue weighted by atomic mass is 35.5. The van der Waals surface area contributed by atoms with Crippen LogP contribution < -0.4 is 9.47 Å². The van der Waals surface area contributed by atoms with Crippen LogP contribution in [0.1, 0.15) is 11.1 Å². The number of oxime groups is 1. The Kier molecular flexibility index (Phi) is 11.0. The Labute approximate surface area is 204 Å². The summed E-state index contributed by atoms with van der Waals surface area (Å²) in [5.74, 6) is 0.815. The van der Waals surface area contributed by atoms with Gasteiger partial charge in [0.15, 0.2) is 5.75 Å². The fraction of sp³-hybridized carbons (Fsp3) is 0.150. The molecule has 0 unspecified atom stereocenters. The molecular weight excluding hydrogens is 515 g/mol. The van der Waals surface area contributed by atoms with Gasteiger partial charge in [0.2, 0.25) is 0 Å². The van der Waals surface area contributed by atoms with Gasteiger partial charge in [-0.15, -0.1) is 0 Å². The molecule has 0 radical (unpaired) electrons. The van der Waals surface area contributed by atoms with Crippen molar-refractivity contribution in [2.45, 2.75) is 6.61 Å². The van der Waals surface area contributed by atoms with Gasteiger partial charge in [-0.1, -0.05) is 93.0 Å². The van der Waals surface area contributed by atoms with Crippen LogP contribution in [-0.2, 0) is 11.4 Å². The van der Waals surface area contributed by atoms with E-state index >= 15 is 0 Å². The SMILES string of the molecule is ClC(Cl)=CCO/N=C/c1cccc(COc2c(Cl)cc(OCC=C(Cl)Cl)cc2Cl)c1. The first kappa shape index (κ1) is 25.0. The average Bonchev–Trinajstić information content (AvgIpc) is 2.67. The molecule has 0 aliphatic carbocycles. The van der Waals surface area contributed by atoms with Crippen LogP contribution in [0.25, 0.3) is 0 Å². The maximum Gasteiger partial charge on any atom is 0.157 e. The summed E-state index contributed by atoms with van der Waals surface area (Å²) >= 11 is 34.6.